The molecular weight excluding hydrogens is 330 g/mol. The van der Waals surface area contributed by atoms with Crippen LogP contribution in [-0.2, 0) is 9.59 Å². The average Bonchev–Trinajstić information content (AvgIpc) is 2.59. The molecule has 144 valence electrons. The van der Waals surface area contributed by atoms with Gasteiger partial charge in [0.15, 0.2) is 0 Å². The molecule has 0 aromatic heterocycles. The molecule has 3 atom stereocenters. The van der Waals surface area contributed by atoms with E-state index < -0.39 is 0 Å². The molecule has 6 nitrogen and oxygen atoms in total. The summed E-state index contributed by atoms with van der Waals surface area (Å²) >= 11 is 0. The van der Waals surface area contributed by atoms with Gasteiger partial charge < -0.3 is 15.0 Å². The zero-order chi connectivity index (χ0) is 19.3. The summed E-state index contributed by atoms with van der Waals surface area (Å²) in [5, 5.41) is 2.85. The lowest BCUT2D eigenvalue weighted by Gasteiger charge is -2.38. The van der Waals surface area contributed by atoms with Gasteiger partial charge in [0.2, 0.25) is 11.8 Å². The van der Waals surface area contributed by atoms with Gasteiger partial charge in [-0.1, -0.05) is 19.9 Å². The summed E-state index contributed by atoms with van der Waals surface area (Å²) in [6, 6.07) is 6.89. The monoisotopic (exact) mass is 361 g/mol. The highest BCUT2D eigenvalue weighted by Gasteiger charge is 2.30. The summed E-state index contributed by atoms with van der Waals surface area (Å²) in [6.07, 6.45) is 1.16. The van der Waals surface area contributed by atoms with E-state index in [0.29, 0.717) is 23.3 Å². The van der Waals surface area contributed by atoms with E-state index >= 15 is 0 Å². The Labute approximate surface area is 156 Å². The summed E-state index contributed by atoms with van der Waals surface area (Å²) in [7, 11) is 3.40. The SMILES string of the molecule is COc1cccc(NC(=O)CN(C)[C@H](C)C(=O)N2C[C@@H](C)C[C@H](C)C2)c1. The van der Waals surface area contributed by atoms with Gasteiger partial charge in [-0.05, 0) is 44.4 Å². The Morgan fingerprint density at radius 1 is 1.31 bits per heavy atom. The summed E-state index contributed by atoms with van der Waals surface area (Å²) in [6.45, 7) is 8.00. The first-order valence-corrected chi connectivity index (χ1v) is 9.23. The Bertz CT molecular complexity index is 624. The summed E-state index contributed by atoms with van der Waals surface area (Å²) < 4.78 is 5.16. The van der Waals surface area contributed by atoms with Crippen molar-refractivity contribution in [3.8, 4) is 5.75 Å². The molecule has 1 heterocycles. The third-order valence-corrected chi connectivity index (χ3v) is 4.95. The standard InChI is InChI=1S/C20H31N3O3/c1-14-9-15(2)12-23(11-14)20(25)16(3)22(4)13-19(24)21-17-7-6-8-18(10-17)26-5/h6-8,10,14-16H,9,11-13H2,1-5H3,(H,21,24)/t14-,15-,16+/m0/s1. The summed E-state index contributed by atoms with van der Waals surface area (Å²) in [5.41, 5.74) is 0.681. The van der Waals surface area contributed by atoms with E-state index in [1.165, 1.54) is 0 Å². The number of methoxy groups -OCH3 is 1. The Kier molecular flexibility index (Phi) is 7.03. The molecule has 0 radical (unpaired) electrons. The number of likely N-dealkylation sites (tertiary alicyclic amines) is 1. The van der Waals surface area contributed by atoms with Crippen LogP contribution in [0.15, 0.2) is 24.3 Å². The van der Waals surface area contributed by atoms with E-state index in [2.05, 4.69) is 19.2 Å². The molecule has 26 heavy (non-hydrogen) atoms. The Morgan fingerprint density at radius 2 is 1.96 bits per heavy atom. The van der Waals surface area contributed by atoms with E-state index in [1.54, 1.807) is 18.1 Å². The number of piperidine rings is 1. The van der Waals surface area contributed by atoms with Gasteiger partial charge in [-0.3, -0.25) is 14.5 Å². The molecule has 2 rings (SSSR count). The lowest BCUT2D eigenvalue weighted by atomic mass is 9.91. The number of ether oxygens (including phenoxy) is 1. The maximum atomic E-state index is 12.8. The van der Waals surface area contributed by atoms with Gasteiger partial charge in [-0.2, -0.15) is 0 Å². The van der Waals surface area contributed by atoms with Crippen molar-refractivity contribution in [3.05, 3.63) is 24.3 Å². The fraction of sp³-hybridized carbons (Fsp3) is 0.600. The molecule has 0 bridgehead atoms. The highest BCUT2D eigenvalue weighted by Crippen LogP contribution is 2.22. The van der Waals surface area contributed by atoms with Crippen molar-refractivity contribution in [1.29, 1.82) is 0 Å². The van der Waals surface area contributed by atoms with Gasteiger partial charge in [0, 0.05) is 24.8 Å². The molecule has 2 amide bonds. The van der Waals surface area contributed by atoms with Gasteiger partial charge in [-0.15, -0.1) is 0 Å². The van der Waals surface area contributed by atoms with E-state index in [1.807, 2.05) is 37.1 Å². The average molecular weight is 361 g/mol. The number of amides is 2. The summed E-state index contributed by atoms with van der Waals surface area (Å²) in [4.78, 5) is 28.8. The fourth-order valence-electron chi connectivity index (χ4n) is 3.56. The lowest BCUT2D eigenvalue weighted by molar-refractivity contribution is -0.139. The third-order valence-electron chi connectivity index (χ3n) is 4.95. The first kappa shape index (κ1) is 20.2. The molecule has 0 saturated carbocycles. The molecule has 1 aromatic carbocycles. The second-order valence-corrected chi connectivity index (χ2v) is 7.56. The van der Waals surface area contributed by atoms with Crippen molar-refractivity contribution in [1.82, 2.24) is 9.80 Å². The predicted octanol–water partition coefficient (Wildman–Crippen LogP) is 2.46. The van der Waals surface area contributed by atoms with Crippen LogP contribution >= 0.6 is 0 Å². The quantitative estimate of drug-likeness (QED) is 0.845. The zero-order valence-electron chi connectivity index (χ0n) is 16.5. The Hall–Kier alpha value is -2.08. The molecule has 6 heteroatoms. The Morgan fingerprint density at radius 3 is 2.58 bits per heavy atom. The van der Waals surface area contributed by atoms with Crippen LogP contribution in [0.5, 0.6) is 5.75 Å². The Balaban J connectivity index is 1.89. The van der Waals surface area contributed by atoms with Crippen molar-refractivity contribution in [2.75, 3.05) is 39.1 Å². The second kappa shape index (κ2) is 9.03. The van der Waals surface area contributed by atoms with Crippen LogP contribution in [0.2, 0.25) is 0 Å². The highest BCUT2D eigenvalue weighted by atomic mass is 16.5. The molecule has 1 N–H and O–H groups in total. The first-order chi connectivity index (χ1) is 12.3. The minimum absolute atomic E-state index is 0.0973. The van der Waals surface area contributed by atoms with Crippen LogP contribution in [0.25, 0.3) is 0 Å². The number of anilines is 1. The van der Waals surface area contributed by atoms with Crippen molar-refractivity contribution in [2.24, 2.45) is 11.8 Å². The molecule has 1 aliphatic rings. The maximum Gasteiger partial charge on any atom is 0.239 e. The molecule has 0 spiro atoms. The second-order valence-electron chi connectivity index (χ2n) is 7.56. The van der Waals surface area contributed by atoms with E-state index in [4.69, 9.17) is 4.74 Å². The topological polar surface area (TPSA) is 61.9 Å². The number of carbonyl (C=O) groups excluding carboxylic acids is 2. The fourth-order valence-corrected chi connectivity index (χ4v) is 3.56. The number of hydrogen-bond acceptors (Lipinski definition) is 4. The van der Waals surface area contributed by atoms with Crippen molar-refractivity contribution in [3.63, 3.8) is 0 Å². The number of likely N-dealkylation sites (N-methyl/N-ethyl adjacent to an activating group) is 1. The number of hydrogen-bond donors (Lipinski definition) is 1. The van der Waals surface area contributed by atoms with E-state index in [0.717, 1.165) is 19.5 Å². The van der Waals surface area contributed by atoms with Gasteiger partial charge in [0.25, 0.3) is 0 Å². The minimum atomic E-state index is -0.330. The molecule has 0 aliphatic carbocycles. The van der Waals surface area contributed by atoms with Crippen LogP contribution < -0.4 is 10.1 Å². The van der Waals surface area contributed by atoms with Crippen molar-refractivity contribution < 1.29 is 14.3 Å². The van der Waals surface area contributed by atoms with Crippen LogP contribution in [-0.4, -0.2) is 61.4 Å². The first-order valence-electron chi connectivity index (χ1n) is 9.23. The number of benzene rings is 1. The smallest absolute Gasteiger partial charge is 0.239 e. The number of nitrogens with one attached hydrogen (secondary N) is 1. The van der Waals surface area contributed by atoms with Crippen molar-refractivity contribution in [2.45, 2.75) is 33.2 Å². The molecule has 1 aliphatic heterocycles. The largest absolute Gasteiger partial charge is 0.497 e. The molecule has 0 unspecified atom stereocenters. The van der Waals surface area contributed by atoms with Gasteiger partial charge in [-0.25, -0.2) is 0 Å². The van der Waals surface area contributed by atoms with E-state index in [-0.39, 0.29) is 24.4 Å². The van der Waals surface area contributed by atoms with Crippen LogP contribution in [0.4, 0.5) is 5.69 Å². The number of carbonyl (C=O) groups is 2. The third kappa shape index (κ3) is 5.46. The van der Waals surface area contributed by atoms with Crippen LogP contribution in [0.1, 0.15) is 27.2 Å². The van der Waals surface area contributed by atoms with Gasteiger partial charge in [0.1, 0.15) is 5.75 Å². The predicted molar refractivity (Wildman–Crippen MR) is 103 cm³/mol. The lowest BCUT2D eigenvalue weighted by Crippen LogP contribution is -2.51. The van der Waals surface area contributed by atoms with Crippen LogP contribution in [0.3, 0.4) is 0 Å². The normalized spacial score (nSPS) is 21.4. The minimum Gasteiger partial charge on any atom is -0.497 e. The molecule has 1 fully saturated rings. The molecule has 1 aromatic rings. The number of nitrogens with zero attached hydrogens (tertiary/aromatic N) is 2. The maximum absolute atomic E-state index is 12.8. The summed E-state index contributed by atoms with van der Waals surface area (Å²) in [5.74, 6) is 1.68. The highest BCUT2D eigenvalue weighted by molar-refractivity contribution is 5.93. The molecule has 1 saturated heterocycles. The van der Waals surface area contributed by atoms with E-state index in [9.17, 15) is 9.59 Å². The number of rotatable bonds is 6. The molecular formula is C20H31N3O3. The van der Waals surface area contributed by atoms with Gasteiger partial charge >= 0.3 is 0 Å². The van der Waals surface area contributed by atoms with Gasteiger partial charge in [0.05, 0.1) is 19.7 Å². The zero-order valence-corrected chi connectivity index (χ0v) is 16.5. The van der Waals surface area contributed by atoms with Crippen LogP contribution in [0, 0.1) is 11.8 Å². The van der Waals surface area contributed by atoms with Crippen molar-refractivity contribution >= 4 is 17.5 Å².